The maximum absolute atomic E-state index is 12.1. The monoisotopic (exact) mass is 290 g/mol. The second-order valence-corrected chi connectivity index (χ2v) is 6.08. The number of hydrogen-bond acceptors (Lipinski definition) is 5. The van der Waals surface area contributed by atoms with Crippen molar-refractivity contribution in [3.05, 3.63) is 6.20 Å². The van der Waals surface area contributed by atoms with Gasteiger partial charge in [0.15, 0.2) is 0 Å². The number of aromatic nitrogens is 2. The molecule has 19 heavy (non-hydrogen) atoms. The lowest BCUT2D eigenvalue weighted by molar-refractivity contribution is 0.196. The molecule has 1 heterocycles. The fourth-order valence-electron chi connectivity index (χ4n) is 1.59. The van der Waals surface area contributed by atoms with E-state index < -0.39 is 10.0 Å². The molecule has 0 radical (unpaired) electrons. The number of methoxy groups -OCH3 is 1. The zero-order chi connectivity index (χ0) is 14.5. The summed E-state index contributed by atoms with van der Waals surface area (Å²) in [6.45, 7) is 4.74. The first-order valence-electron chi connectivity index (χ1n) is 6.25. The molecule has 7 nitrogen and oxygen atoms in total. The molecule has 0 saturated carbocycles. The van der Waals surface area contributed by atoms with Gasteiger partial charge < -0.3 is 10.5 Å². The number of nitrogen functional groups attached to an aromatic ring is 1. The maximum Gasteiger partial charge on any atom is 0.245 e. The van der Waals surface area contributed by atoms with Gasteiger partial charge in [0.05, 0.1) is 12.2 Å². The van der Waals surface area contributed by atoms with Crippen molar-refractivity contribution in [2.75, 3.05) is 26.0 Å². The summed E-state index contributed by atoms with van der Waals surface area (Å²) in [4.78, 5) is 0.0326. The Balaban J connectivity index is 2.81. The Morgan fingerprint density at radius 3 is 2.84 bits per heavy atom. The molecule has 1 unspecified atom stereocenters. The van der Waals surface area contributed by atoms with Gasteiger partial charge in [0, 0.05) is 20.3 Å². The lowest BCUT2D eigenvalue weighted by atomic mass is 10.3. The van der Waals surface area contributed by atoms with Crippen LogP contribution in [0.1, 0.15) is 32.7 Å². The number of ether oxygens (including phenoxy) is 1. The lowest BCUT2D eigenvalue weighted by Gasteiger charge is -2.11. The summed E-state index contributed by atoms with van der Waals surface area (Å²) >= 11 is 0. The van der Waals surface area contributed by atoms with Crippen molar-refractivity contribution in [2.24, 2.45) is 0 Å². The Morgan fingerprint density at radius 2 is 2.26 bits per heavy atom. The molecule has 1 rings (SSSR count). The van der Waals surface area contributed by atoms with Crippen LogP contribution >= 0.6 is 0 Å². The van der Waals surface area contributed by atoms with E-state index >= 15 is 0 Å². The van der Waals surface area contributed by atoms with Crippen LogP contribution in [-0.4, -0.2) is 38.5 Å². The number of nitrogens with zero attached hydrogens (tertiary/aromatic N) is 2. The van der Waals surface area contributed by atoms with E-state index in [0.717, 1.165) is 6.42 Å². The van der Waals surface area contributed by atoms with Crippen molar-refractivity contribution in [1.82, 2.24) is 14.5 Å². The third kappa shape index (κ3) is 3.92. The Bertz CT molecular complexity index is 498. The van der Waals surface area contributed by atoms with Gasteiger partial charge in [-0.05, 0) is 19.8 Å². The van der Waals surface area contributed by atoms with Crippen LogP contribution in [0.2, 0.25) is 0 Å². The number of rotatable bonds is 8. The van der Waals surface area contributed by atoms with Crippen LogP contribution in [0.3, 0.4) is 0 Å². The zero-order valence-electron chi connectivity index (χ0n) is 11.6. The molecule has 1 atom stereocenters. The van der Waals surface area contributed by atoms with E-state index in [0.29, 0.717) is 19.6 Å². The summed E-state index contributed by atoms with van der Waals surface area (Å²) in [5, 5.41) is 4.04. The summed E-state index contributed by atoms with van der Waals surface area (Å²) in [5.41, 5.74) is 5.85. The SMILES string of the molecule is CCC(C)n1ncc(S(=O)(=O)NCCCOC)c1N. The second kappa shape index (κ2) is 6.88. The predicted octanol–water partition coefficient (Wildman–Crippen LogP) is 0.751. The largest absolute Gasteiger partial charge is 0.385 e. The normalized spacial score (nSPS) is 13.6. The molecule has 0 aliphatic carbocycles. The van der Waals surface area contributed by atoms with Crippen molar-refractivity contribution in [2.45, 2.75) is 37.6 Å². The quantitative estimate of drug-likeness (QED) is 0.688. The Kier molecular flexibility index (Phi) is 5.77. The van der Waals surface area contributed by atoms with Gasteiger partial charge in [-0.15, -0.1) is 0 Å². The maximum atomic E-state index is 12.1. The molecule has 0 saturated heterocycles. The summed E-state index contributed by atoms with van der Waals surface area (Å²) in [6.07, 6.45) is 2.72. The van der Waals surface area contributed by atoms with Gasteiger partial charge in [-0.3, -0.25) is 0 Å². The van der Waals surface area contributed by atoms with Crippen LogP contribution in [0.4, 0.5) is 5.82 Å². The summed E-state index contributed by atoms with van der Waals surface area (Å²) in [6, 6.07) is 0.0671. The molecular formula is C11H22N4O3S. The van der Waals surface area contributed by atoms with Gasteiger partial charge in [0.25, 0.3) is 0 Å². The first kappa shape index (κ1) is 15.9. The molecule has 0 spiro atoms. The molecule has 1 aromatic heterocycles. The second-order valence-electron chi connectivity index (χ2n) is 4.34. The Morgan fingerprint density at radius 1 is 1.58 bits per heavy atom. The van der Waals surface area contributed by atoms with Gasteiger partial charge in [0.2, 0.25) is 10.0 Å². The standard InChI is InChI=1S/C11H22N4O3S/c1-4-9(2)15-11(12)10(8-13-15)19(16,17)14-6-5-7-18-3/h8-9,14H,4-7,12H2,1-3H3. The van der Waals surface area contributed by atoms with E-state index in [-0.39, 0.29) is 16.8 Å². The van der Waals surface area contributed by atoms with E-state index in [2.05, 4.69) is 9.82 Å². The highest BCUT2D eigenvalue weighted by atomic mass is 32.2. The fraction of sp³-hybridized carbons (Fsp3) is 0.727. The third-order valence-electron chi connectivity index (χ3n) is 2.91. The van der Waals surface area contributed by atoms with Gasteiger partial charge >= 0.3 is 0 Å². The summed E-state index contributed by atoms with van der Waals surface area (Å²) in [5.74, 6) is 0.175. The minimum Gasteiger partial charge on any atom is -0.385 e. The van der Waals surface area contributed by atoms with E-state index in [9.17, 15) is 8.42 Å². The van der Waals surface area contributed by atoms with Gasteiger partial charge in [-0.2, -0.15) is 5.10 Å². The first-order valence-corrected chi connectivity index (χ1v) is 7.74. The van der Waals surface area contributed by atoms with Crippen molar-refractivity contribution in [3.8, 4) is 0 Å². The Labute approximate surface area is 114 Å². The zero-order valence-corrected chi connectivity index (χ0v) is 12.4. The molecule has 0 aliphatic rings. The van der Waals surface area contributed by atoms with Crippen LogP contribution < -0.4 is 10.5 Å². The molecule has 110 valence electrons. The van der Waals surface area contributed by atoms with Gasteiger partial charge in [-0.25, -0.2) is 17.8 Å². The van der Waals surface area contributed by atoms with E-state index in [1.165, 1.54) is 10.9 Å². The highest BCUT2D eigenvalue weighted by Crippen LogP contribution is 2.22. The minimum absolute atomic E-state index is 0.0326. The van der Waals surface area contributed by atoms with Crippen molar-refractivity contribution in [1.29, 1.82) is 0 Å². The van der Waals surface area contributed by atoms with Crippen molar-refractivity contribution in [3.63, 3.8) is 0 Å². The molecule has 0 amide bonds. The summed E-state index contributed by atoms with van der Waals surface area (Å²) < 4.78 is 33.0. The number of hydrogen-bond donors (Lipinski definition) is 2. The minimum atomic E-state index is -3.61. The Hall–Kier alpha value is -1.12. The molecule has 8 heteroatoms. The van der Waals surface area contributed by atoms with E-state index in [1.807, 2.05) is 13.8 Å². The smallest absolute Gasteiger partial charge is 0.245 e. The third-order valence-corrected chi connectivity index (χ3v) is 4.39. The molecule has 1 aromatic rings. The molecule has 0 fully saturated rings. The lowest BCUT2D eigenvalue weighted by Crippen LogP contribution is -2.26. The average molecular weight is 290 g/mol. The molecule has 0 aliphatic heterocycles. The van der Waals surface area contributed by atoms with Gasteiger partial charge in [-0.1, -0.05) is 6.92 Å². The van der Waals surface area contributed by atoms with Crippen LogP contribution in [0.15, 0.2) is 11.1 Å². The number of anilines is 1. The average Bonchev–Trinajstić information content (AvgIpc) is 2.76. The fourth-order valence-corrected chi connectivity index (χ4v) is 2.71. The highest BCUT2D eigenvalue weighted by molar-refractivity contribution is 7.89. The molecule has 0 aromatic carbocycles. The van der Waals surface area contributed by atoms with Crippen LogP contribution in [0.25, 0.3) is 0 Å². The molecular weight excluding hydrogens is 268 g/mol. The topological polar surface area (TPSA) is 99.2 Å². The number of nitrogens with two attached hydrogens (primary N) is 1. The van der Waals surface area contributed by atoms with Gasteiger partial charge in [0.1, 0.15) is 10.7 Å². The van der Waals surface area contributed by atoms with E-state index in [1.54, 1.807) is 7.11 Å². The van der Waals surface area contributed by atoms with Crippen LogP contribution in [0.5, 0.6) is 0 Å². The van der Waals surface area contributed by atoms with Crippen molar-refractivity contribution >= 4 is 15.8 Å². The predicted molar refractivity (Wildman–Crippen MR) is 73.3 cm³/mol. The number of sulfonamides is 1. The molecule has 3 N–H and O–H groups in total. The van der Waals surface area contributed by atoms with Crippen LogP contribution in [-0.2, 0) is 14.8 Å². The highest BCUT2D eigenvalue weighted by Gasteiger charge is 2.22. The number of nitrogens with one attached hydrogen (secondary N) is 1. The first-order chi connectivity index (χ1) is 8.94. The molecule has 0 bridgehead atoms. The van der Waals surface area contributed by atoms with Crippen molar-refractivity contribution < 1.29 is 13.2 Å². The summed E-state index contributed by atoms with van der Waals surface area (Å²) in [7, 11) is -2.03. The van der Waals surface area contributed by atoms with Crippen LogP contribution in [0, 0.1) is 0 Å². The van der Waals surface area contributed by atoms with E-state index in [4.69, 9.17) is 10.5 Å².